The van der Waals surface area contributed by atoms with Gasteiger partial charge >= 0.3 is 0 Å². The quantitative estimate of drug-likeness (QED) is 0.775. The molecule has 108 valence electrons. The van der Waals surface area contributed by atoms with E-state index in [0.29, 0.717) is 11.8 Å². The fourth-order valence-corrected chi connectivity index (χ4v) is 2.37. The zero-order chi connectivity index (χ0) is 14.3. The first-order valence-corrected chi connectivity index (χ1v) is 7.58. The summed E-state index contributed by atoms with van der Waals surface area (Å²) in [5.74, 6) is 1.28. The van der Waals surface area contributed by atoms with Crippen LogP contribution in [-0.4, -0.2) is 25.0 Å². The van der Waals surface area contributed by atoms with Crippen LogP contribution in [0.2, 0.25) is 0 Å². The molecular weight excluding hydrogens is 232 g/mol. The highest BCUT2D eigenvalue weighted by Gasteiger charge is 2.09. The van der Waals surface area contributed by atoms with Crippen molar-refractivity contribution >= 4 is 0 Å². The first kappa shape index (κ1) is 16.2. The smallest absolute Gasteiger partial charge is 0.0230 e. The van der Waals surface area contributed by atoms with Crippen LogP contribution in [-0.2, 0) is 6.54 Å². The van der Waals surface area contributed by atoms with Crippen molar-refractivity contribution in [2.24, 2.45) is 11.7 Å². The maximum absolute atomic E-state index is 5.77. The number of hydrogen-bond acceptors (Lipinski definition) is 2. The van der Waals surface area contributed by atoms with E-state index in [0.717, 1.165) is 26.1 Å². The summed E-state index contributed by atoms with van der Waals surface area (Å²) in [6, 6.07) is 9.08. The molecule has 2 heteroatoms. The molecule has 0 spiro atoms. The molecule has 0 heterocycles. The third-order valence-corrected chi connectivity index (χ3v) is 4.09. The summed E-state index contributed by atoms with van der Waals surface area (Å²) in [7, 11) is 2.18. The van der Waals surface area contributed by atoms with Crippen molar-refractivity contribution in [1.29, 1.82) is 0 Å². The highest BCUT2D eigenvalue weighted by atomic mass is 15.1. The standard InChI is InChI=1S/C17H30N2/c1-5-14(3)17-9-7-16(8-10-17)13-19(4)12-15(6-2)11-18/h7-10,14-15H,5-6,11-13,18H2,1-4H3. The van der Waals surface area contributed by atoms with Crippen molar-refractivity contribution < 1.29 is 0 Å². The molecule has 2 unspecified atom stereocenters. The van der Waals surface area contributed by atoms with E-state index in [1.807, 2.05) is 0 Å². The molecule has 0 saturated carbocycles. The predicted molar refractivity (Wildman–Crippen MR) is 84.3 cm³/mol. The molecule has 0 aromatic heterocycles. The molecule has 2 atom stereocenters. The van der Waals surface area contributed by atoms with Gasteiger partial charge in [-0.2, -0.15) is 0 Å². The third-order valence-electron chi connectivity index (χ3n) is 4.09. The van der Waals surface area contributed by atoms with Gasteiger partial charge < -0.3 is 10.6 Å². The molecule has 19 heavy (non-hydrogen) atoms. The zero-order valence-corrected chi connectivity index (χ0v) is 13.0. The largest absolute Gasteiger partial charge is 0.330 e. The van der Waals surface area contributed by atoms with E-state index in [2.05, 4.69) is 57.0 Å². The molecule has 0 fully saturated rings. The normalized spacial score (nSPS) is 14.6. The van der Waals surface area contributed by atoms with Gasteiger partial charge in [0, 0.05) is 13.1 Å². The summed E-state index contributed by atoms with van der Waals surface area (Å²) >= 11 is 0. The Morgan fingerprint density at radius 2 is 1.74 bits per heavy atom. The number of rotatable bonds is 8. The fourth-order valence-electron chi connectivity index (χ4n) is 2.37. The highest BCUT2D eigenvalue weighted by Crippen LogP contribution is 2.19. The first-order valence-electron chi connectivity index (χ1n) is 7.58. The SMILES string of the molecule is CCC(CN)CN(C)Cc1ccc(C(C)CC)cc1. The van der Waals surface area contributed by atoms with E-state index in [1.165, 1.54) is 17.5 Å². The van der Waals surface area contributed by atoms with Gasteiger partial charge in [-0.15, -0.1) is 0 Å². The lowest BCUT2D eigenvalue weighted by Gasteiger charge is -2.22. The summed E-state index contributed by atoms with van der Waals surface area (Å²) in [6.07, 6.45) is 2.36. The van der Waals surface area contributed by atoms with Gasteiger partial charge in [-0.05, 0) is 43.0 Å². The van der Waals surface area contributed by atoms with Crippen LogP contribution in [0, 0.1) is 5.92 Å². The lowest BCUT2D eigenvalue weighted by Crippen LogP contribution is -2.29. The van der Waals surface area contributed by atoms with E-state index in [1.54, 1.807) is 0 Å². The minimum absolute atomic E-state index is 0.615. The maximum Gasteiger partial charge on any atom is 0.0230 e. The predicted octanol–water partition coefficient (Wildman–Crippen LogP) is 3.62. The second-order valence-electron chi connectivity index (χ2n) is 5.76. The third kappa shape index (κ3) is 5.33. The van der Waals surface area contributed by atoms with Gasteiger partial charge in [-0.3, -0.25) is 0 Å². The summed E-state index contributed by atoms with van der Waals surface area (Å²) in [6.45, 7) is 9.62. The Bertz CT molecular complexity index is 341. The van der Waals surface area contributed by atoms with Crippen LogP contribution >= 0.6 is 0 Å². The van der Waals surface area contributed by atoms with Crippen LogP contribution < -0.4 is 5.73 Å². The van der Waals surface area contributed by atoms with Gasteiger partial charge in [0.05, 0.1) is 0 Å². The maximum atomic E-state index is 5.77. The van der Waals surface area contributed by atoms with Crippen LogP contribution in [0.5, 0.6) is 0 Å². The Hall–Kier alpha value is -0.860. The van der Waals surface area contributed by atoms with Gasteiger partial charge in [-0.25, -0.2) is 0 Å². The van der Waals surface area contributed by atoms with Gasteiger partial charge in [0.1, 0.15) is 0 Å². The Morgan fingerprint density at radius 1 is 1.11 bits per heavy atom. The van der Waals surface area contributed by atoms with Crippen LogP contribution in [0.4, 0.5) is 0 Å². The highest BCUT2D eigenvalue weighted by molar-refractivity contribution is 5.24. The Balaban J connectivity index is 2.53. The Labute approximate surface area is 119 Å². The number of benzene rings is 1. The number of nitrogens with zero attached hydrogens (tertiary/aromatic N) is 1. The van der Waals surface area contributed by atoms with Crippen LogP contribution in [0.25, 0.3) is 0 Å². The fraction of sp³-hybridized carbons (Fsp3) is 0.647. The summed E-state index contributed by atoms with van der Waals surface area (Å²) in [5.41, 5.74) is 8.60. The van der Waals surface area contributed by atoms with Crippen molar-refractivity contribution in [2.75, 3.05) is 20.1 Å². The lowest BCUT2D eigenvalue weighted by molar-refractivity contribution is 0.268. The van der Waals surface area contributed by atoms with E-state index < -0.39 is 0 Å². The summed E-state index contributed by atoms with van der Waals surface area (Å²) in [4.78, 5) is 2.37. The minimum atomic E-state index is 0.615. The van der Waals surface area contributed by atoms with Crippen molar-refractivity contribution in [3.8, 4) is 0 Å². The lowest BCUT2D eigenvalue weighted by atomic mass is 9.97. The van der Waals surface area contributed by atoms with Gasteiger partial charge in [0.2, 0.25) is 0 Å². The molecule has 0 aliphatic carbocycles. The molecule has 0 aliphatic rings. The molecule has 1 aromatic carbocycles. The minimum Gasteiger partial charge on any atom is -0.330 e. The molecule has 1 aromatic rings. The second kappa shape index (κ2) is 8.34. The van der Waals surface area contributed by atoms with Crippen LogP contribution in [0.3, 0.4) is 0 Å². The first-order chi connectivity index (χ1) is 9.10. The average molecular weight is 262 g/mol. The monoisotopic (exact) mass is 262 g/mol. The number of hydrogen-bond donors (Lipinski definition) is 1. The topological polar surface area (TPSA) is 29.3 Å². The Kier molecular flexibility index (Phi) is 7.11. The summed E-state index contributed by atoms with van der Waals surface area (Å²) < 4.78 is 0. The molecule has 0 aliphatic heterocycles. The van der Waals surface area contributed by atoms with Gasteiger partial charge in [0.25, 0.3) is 0 Å². The molecule has 2 nitrogen and oxygen atoms in total. The van der Waals surface area contributed by atoms with Crippen LogP contribution in [0.15, 0.2) is 24.3 Å². The number of nitrogens with two attached hydrogens (primary N) is 1. The second-order valence-corrected chi connectivity index (χ2v) is 5.76. The molecule has 1 rings (SSSR count). The van der Waals surface area contributed by atoms with E-state index in [4.69, 9.17) is 5.73 Å². The van der Waals surface area contributed by atoms with E-state index in [-0.39, 0.29) is 0 Å². The van der Waals surface area contributed by atoms with Crippen molar-refractivity contribution in [1.82, 2.24) is 4.90 Å². The van der Waals surface area contributed by atoms with Crippen molar-refractivity contribution in [3.05, 3.63) is 35.4 Å². The Morgan fingerprint density at radius 3 is 2.21 bits per heavy atom. The molecular formula is C17H30N2. The molecule has 0 amide bonds. The van der Waals surface area contributed by atoms with Crippen LogP contribution in [0.1, 0.15) is 50.7 Å². The zero-order valence-electron chi connectivity index (χ0n) is 13.0. The van der Waals surface area contributed by atoms with E-state index >= 15 is 0 Å². The van der Waals surface area contributed by atoms with Crippen molar-refractivity contribution in [3.63, 3.8) is 0 Å². The molecule has 0 saturated heterocycles. The molecule has 0 radical (unpaired) electrons. The molecule has 0 bridgehead atoms. The van der Waals surface area contributed by atoms with Gasteiger partial charge in [-0.1, -0.05) is 51.5 Å². The van der Waals surface area contributed by atoms with Crippen molar-refractivity contribution in [2.45, 2.75) is 46.1 Å². The molecule has 2 N–H and O–H groups in total. The van der Waals surface area contributed by atoms with Gasteiger partial charge in [0.15, 0.2) is 0 Å². The summed E-state index contributed by atoms with van der Waals surface area (Å²) in [5, 5.41) is 0. The van der Waals surface area contributed by atoms with E-state index in [9.17, 15) is 0 Å². The average Bonchev–Trinajstić information content (AvgIpc) is 2.44.